The van der Waals surface area contributed by atoms with Gasteiger partial charge in [-0.25, -0.2) is 0 Å². The second kappa shape index (κ2) is 5.29. The molecule has 0 N–H and O–H groups in total. The van der Waals surface area contributed by atoms with E-state index in [1.54, 1.807) is 0 Å². The zero-order valence-electron chi connectivity index (χ0n) is 11.3. The van der Waals surface area contributed by atoms with Gasteiger partial charge in [-0.15, -0.1) is 0 Å². The molecule has 0 saturated heterocycles. The summed E-state index contributed by atoms with van der Waals surface area (Å²) in [5.74, 6) is 1.08. The average Bonchev–Trinajstić information content (AvgIpc) is 2.20. The molecule has 88 valence electrons. The molecule has 0 radical (unpaired) electrons. The van der Waals surface area contributed by atoms with Crippen LogP contribution in [0.5, 0.6) is 0 Å². The average molecular weight is 217 g/mol. The van der Waals surface area contributed by atoms with Gasteiger partial charge in [-0.1, -0.05) is 39.8 Å². The van der Waals surface area contributed by atoms with Crippen molar-refractivity contribution in [2.45, 2.75) is 47.5 Å². The van der Waals surface area contributed by atoms with Crippen molar-refractivity contribution >= 4 is 5.57 Å². The summed E-state index contributed by atoms with van der Waals surface area (Å²) >= 11 is 0. The minimum Gasteiger partial charge on any atom is -0.256 e. The molecule has 0 amide bonds. The summed E-state index contributed by atoms with van der Waals surface area (Å²) in [7, 11) is 0. The minimum atomic E-state index is 0.529. The Morgan fingerprint density at radius 1 is 1.25 bits per heavy atom. The van der Waals surface area contributed by atoms with E-state index < -0.39 is 0 Å². The molecule has 0 fully saturated rings. The maximum absolute atomic E-state index is 4.62. The Hall–Kier alpha value is -1.11. The van der Waals surface area contributed by atoms with Crippen molar-refractivity contribution in [2.75, 3.05) is 0 Å². The fourth-order valence-corrected chi connectivity index (χ4v) is 1.96. The van der Waals surface area contributed by atoms with Crippen molar-refractivity contribution in [3.63, 3.8) is 0 Å². The number of aryl methyl sites for hydroxylation is 1. The fourth-order valence-electron chi connectivity index (χ4n) is 1.96. The van der Waals surface area contributed by atoms with Crippen LogP contribution in [-0.2, 0) is 0 Å². The first-order valence-corrected chi connectivity index (χ1v) is 6.10. The lowest BCUT2D eigenvalue weighted by molar-refractivity contribution is 0.832. The minimum absolute atomic E-state index is 0.529. The van der Waals surface area contributed by atoms with Crippen LogP contribution in [0.2, 0.25) is 0 Å². The summed E-state index contributed by atoms with van der Waals surface area (Å²) < 4.78 is 0. The Morgan fingerprint density at radius 2 is 1.88 bits per heavy atom. The maximum Gasteiger partial charge on any atom is 0.0690 e. The second-order valence-electron chi connectivity index (χ2n) is 4.99. The molecule has 0 saturated carbocycles. The largest absolute Gasteiger partial charge is 0.256 e. The monoisotopic (exact) mass is 217 g/mol. The molecule has 0 bridgehead atoms. The predicted molar refractivity (Wildman–Crippen MR) is 71.6 cm³/mol. The molecule has 1 nitrogen and oxygen atoms in total. The van der Waals surface area contributed by atoms with Crippen molar-refractivity contribution < 1.29 is 0 Å². The van der Waals surface area contributed by atoms with Gasteiger partial charge in [0.15, 0.2) is 0 Å². The predicted octanol–water partition coefficient (Wildman–Crippen LogP) is 4.57. The van der Waals surface area contributed by atoms with Gasteiger partial charge in [-0.2, -0.15) is 0 Å². The Labute approximate surface area is 99.6 Å². The first-order valence-electron chi connectivity index (χ1n) is 6.10. The van der Waals surface area contributed by atoms with E-state index in [4.69, 9.17) is 0 Å². The Bertz CT molecular complexity index is 386. The van der Waals surface area contributed by atoms with Gasteiger partial charge in [0.2, 0.25) is 0 Å². The Morgan fingerprint density at radius 3 is 2.25 bits per heavy atom. The van der Waals surface area contributed by atoms with Crippen molar-refractivity contribution in [3.8, 4) is 0 Å². The van der Waals surface area contributed by atoms with Crippen LogP contribution in [-0.4, -0.2) is 4.98 Å². The molecule has 1 heterocycles. The summed E-state index contributed by atoms with van der Waals surface area (Å²) in [5, 5.41) is 0. The van der Waals surface area contributed by atoms with Crippen LogP contribution in [0.15, 0.2) is 18.3 Å². The van der Waals surface area contributed by atoms with Crippen LogP contribution in [0.3, 0.4) is 0 Å². The van der Waals surface area contributed by atoms with Gasteiger partial charge < -0.3 is 0 Å². The molecular formula is C15H23N. The molecule has 1 rings (SSSR count). The second-order valence-corrected chi connectivity index (χ2v) is 4.99. The van der Waals surface area contributed by atoms with Crippen molar-refractivity contribution in [1.82, 2.24) is 4.98 Å². The Kier molecular flexibility index (Phi) is 4.28. The smallest absolute Gasteiger partial charge is 0.0690 e. The van der Waals surface area contributed by atoms with Gasteiger partial charge in [0, 0.05) is 6.20 Å². The molecule has 0 aliphatic rings. The zero-order valence-corrected chi connectivity index (χ0v) is 11.3. The molecule has 16 heavy (non-hydrogen) atoms. The standard InChI is InChI=1S/C15H23N/c1-7-14(11(4)5)15-12(6)8-13(9-16-15)10(2)3/h7-11H,1-6H3. The summed E-state index contributed by atoms with van der Waals surface area (Å²) in [6.45, 7) is 13.1. The SMILES string of the molecule is CC=C(c1ncc(C(C)C)cc1C)C(C)C. The third-order valence-corrected chi connectivity index (χ3v) is 2.97. The first kappa shape index (κ1) is 13.0. The van der Waals surface area contributed by atoms with E-state index in [1.165, 1.54) is 16.7 Å². The van der Waals surface area contributed by atoms with E-state index in [0.717, 1.165) is 5.69 Å². The van der Waals surface area contributed by atoms with E-state index in [-0.39, 0.29) is 0 Å². The topological polar surface area (TPSA) is 12.9 Å². The molecule has 1 aromatic rings. The van der Waals surface area contributed by atoms with Crippen molar-refractivity contribution in [1.29, 1.82) is 0 Å². The lowest BCUT2D eigenvalue weighted by Gasteiger charge is -2.15. The Balaban J connectivity index is 3.17. The molecule has 0 unspecified atom stereocenters. The lowest BCUT2D eigenvalue weighted by atomic mass is 9.94. The van der Waals surface area contributed by atoms with Crippen LogP contribution in [0.4, 0.5) is 0 Å². The molecule has 1 heteroatoms. The molecule has 0 aliphatic carbocycles. The third-order valence-electron chi connectivity index (χ3n) is 2.97. The molecule has 0 aromatic carbocycles. The van der Waals surface area contributed by atoms with Gasteiger partial charge in [0.1, 0.15) is 0 Å². The zero-order chi connectivity index (χ0) is 12.3. The molecule has 0 aliphatic heterocycles. The summed E-state index contributed by atoms with van der Waals surface area (Å²) in [5.41, 5.74) is 5.10. The molecular weight excluding hydrogens is 194 g/mol. The molecule has 0 atom stereocenters. The number of nitrogens with zero attached hydrogens (tertiary/aromatic N) is 1. The van der Waals surface area contributed by atoms with E-state index in [0.29, 0.717) is 11.8 Å². The van der Waals surface area contributed by atoms with E-state index in [9.17, 15) is 0 Å². The van der Waals surface area contributed by atoms with Gasteiger partial charge in [0.25, 0.3) is 0 Å². The summed E-state index contributed by atoms with van der Waals surface area (Å²) in [6.07, 6.45) is 4.19. The number of rotatable bonds is 3. The number of pyridine rings is 1. The fraction of sp³-hybridized carbons (Fsp3) is 0.533. The van der Waals surface area contributed by atoms with Crippen molar-refractivity contribution in [2.24, 2.45) is 5.92 Å². The highest BCUT2D eigenvalue weighted by molar-refractivity contribution is 5.66. The van der Waals surface area contributed by atoms with Gasteiger partial charge >= 0.3 is 0 Å². The van der Waals surface area contributed by atoms with Crippen LogP contribution in [0.25, 0.3) is 5.57 Å². The van der Waals surface area contributed by atoms with Gasteiger partial charge in [-0.05, 0) is 42.4 Å². The highest BCUT2D eigenvalue weighted by atomic mass is 14.7. The molecule has 1 aromatic heterocycles. The van der Waals surface area contributed by atoms with E-state index >= 15 is 0 Å². The summed E-state index contributed by atoms with van der Waals surface area (Å²) in [4.78, 5) is 4.62. The number of aromatic nitrogens is 1. The van der Waals surface area contributed by atoms with Crippen LogP contribution in [0, 0.1) is 12.8 Å². The van der Waals surface area contributed by atoms with Crippen molar-refractivity contribution in [3.05, 3.63) is 35.2 Å². The van der Waals surface area contributed by atoms with Gasteiger partial charge in [0.05, 0.1) is 5.69 Å². The number of hydrogen-bond acceptors (Lipinski definition) is 1. The van der Waals surface area contributed by atoms with E-state index in [2.05, 4.69) is 58.7 Å². The van der Waals surface area contributed by atoms with Crippen LogP contribution >= 0.6 is 0 Å². The first-order chi connectivity index (χ1) is 7.47. The quantitative estimate of drug-likeness (QED) is 0.722. The normalized spacial score (nSPS) is 12.6. The highest BCUT2D eigenvalue weighted by Crippen LogP contribution is 2.25. The number of allylic oxidation sites excluding steroid dienone is 2. The van der Waals surface area contributed by atoms with Crippen LogP contribution < -0.4 is 0 Å². The van der Waals surface area contributed by atoms with Crippen LogP contribution in [0.1, 0.15) is 57.4 Å². The maximum atomic E-state index is 4.62. The van der Waals surface area contributed by atoms with E-state index in [1.807, 2.05) is 6.20 Å². The summed E-state index contributed by atoms with van der Waals surface area (Å²) in [6, 6.07) is 2.26. The third kappa shape index (κ3) is 2.72. The van der Waals surface area contributed by atoms with Gasteiger partial charge in [-0.3, -0.25) is 4.98 Å². The molecule has 0 spiro atoms. The highest BCUT2D eigenvalue weighted by Gasteiger charge is 2.11. The lowest BCUT2D eigenvalue weighted by Crippen LogP contribution is -2.01. The number of hydrogen-bond donors (Lipinski definition) is 0.